The predicted octanol–water partition coefficient (Wildman–Crippen LogP) is 3.00. The summed E-state index contributed by atoms with van der Waals surface area (Å²) in [5, 5.41) is 10.2. The van der Waals surface area contributed by atoms with E-state index in [0.717, 1.165) is 35.0 Å². The fourth-order valence-electron chi connectivity index (χ4n) is 2.45. The minimum absolute atomic E-state index is 0.809. The van der Waals surface area contributed by atoms with Crippen molar-refractivity contribution in [2.75, 3.05) is 19.6 Å². The second-order valence-corrected chi connectivity index (χ2v) is 5.94. The van der Waals surface area contributed by atoms with Gasteiger partial charge in [-0.3, -0.25) is 0 Å². The van der Waals surface area contributed by atoms with Gasteiger partial charge in [0.2, 0.25) is 0 Å². The Morgan fingerprint density at radius 2 is 2.00 bits per heavy atom. The van der Waals surface area contributed by atoms with Crippen molar-refractivity contribution in [3.63, 3.8) is 0 Å². The van der Waals surface area contributed by atoms with Crippen LogP contribution in [-0.2, 0) is 12.8 Å². The van der Waals surface area contributed by atoms with Gasteiger partial charge in [0.15, 0.2) is 0 Å². The van der Waals surface area contributed by atoms with Gasteiger partial charge < -0.3 is 4.90 Å². The summed E-state index contributed by atoms with van der Waals surface area (Å²) in [5.41, 5.74) is 0.980. The van der Waals surface area contributed by atoms with Gasteiger partial charge in [0, 0.05) is 13.0 Å². The Balaban J connectivity index is 1.89. The Morgan fingerprint density at radius 1 is 1.28 bits per heavy atom. The molecule has 1 fully saturated rings. The lowest BCUT2D eigenvalue weighted by atomic mass is 10.2. The van der Waals surface area contributed by atoms with Crippen LogP contribution in [0, 0.1) is 11.3 Å². The molecule has 1 aromatic rings. The first-order chi connectivity index (χ1) is 8.83. The second kappa shape index (κ2) is 6.86. The largest absolute Gasteiger partial charge is 0.303 e. The molecule has 0 N–H and O–H groups in total. The molecule has 1 saturated heterocycles. The molecule has 1 aliphatic rings. The van der Waals surface area contributed by atoms with Gasteiger partial charge in [-0.1, -0.05) is 19.8 Å². The van der Waals surface area contributed by atoms with Crippen LogP contribution >= 0.6 is 11.3 Å². The minimum Gasteiger partial charge on any atom is -0.303 e. The monoisotopic (exact) mass is 263 g/mol. The quantitative estimate of drug-likeness (QED) is 0.838. The number of hydrogen-bond acceptors (Lipinski definition) is 4. The summed E-state index contributed by atoms with van der Waals surface area (Å²) >= 11 is 1.58. The molecule has 3 nitrogen and oxygen atoms in total. The zero-order valence-electron chi connectivity index (χ0n) is 11.1. The third-order valence-corrected chi connectivity index (χ3v) is 4.58. The van der Waals surface area contributed by atoms with E-state index >= 15 is 0 Å². The number of thiazole rings is 1. The molecular weight excluding hydrogens is 242 g/mol. The van der Waals surface area contributed by atoms with Crippen molar-refractivity contribution in [1.29, 1.82) is 5.26 Å². The van der Waals surface area contributed by atoms with Crippen molar-refractivity contribution < 1.29 is 0 Å². The number of nitrogens with zero attached hydrogens (tertiary/aromatic N) is 3. The molecule has 0 saturated carbocycles. The van der Waals surface area contributed by atoms with Crippen molar-refractivity contribution in [2.45, 2.75) is 45.4 Å². The lowest BCUT2D eigenvalue weighted by Crippen LogP contribution is -2.26. The molecule has 2 heterocycles. The first-order valence-electron chi connectivity index (χ1n) is 6.94. The van der Waals surface area contributed by atoms with Crippen LogP contribution in [0.3, 0.4) is 0 Å². The fourth-order valence-corrected chi connectivity index (χ4v) is 3.39. The van der Waals surface area contributed by atoms with Gasteiger partial charge >= 0.3 is 0 Å². The molecule has 0 aliphatic carbocycles. The van der Waals surface area contributed by atoms with E-state index < -0.39 is 0 Å². The van der Waals surface area contributed by atoms with E-state index in [0.29, 0.717) is 0 Å². The van der Waals surface area contributed by atoms with Crippen LogP contribution in [0.4, 0.5) is 0 Å². The van der Waals surface area contributed by atoms with E-state index in [1.165, 1.54) is 38.8 Å². The smallest absolute Gasteiger partial charge is 0.128 e. The van der Waals surface area contributed by atoms with Crippen LogP contribution in [0.1, 0.15) is 48.2 Å². The number of likely N-dealkylation sites (tertiary alicyclic amines) is 1. The van der Waals surface area contributed by atoms with E-state index in [-0.39, 0.29) is 0 Å². The predicted molar refractivity (Wildman–Crippen MR) is 74.8 cm³/mol. The molecule has 0 spiro atoms. The first kappa shape index (κ1) is 13.5. The summed E-state index contributed by atoms with van der Waals surface area (Å²) < 4.78 is 0. The molecule has 0 aromatic carbocycles. The second-order valence-electron chi connectivity index (χ2n) is 4.85. The molecular formula is C14H21N3S. The molecule has 4 heteroatoms. The number of rotatable bonds is 4. The Morgan fingerprint density at radius 3 is 2.56 bits per heavy atom. The SMILES string of the molecule is CCc1nc(CCN2CCCCCC2)sc1C#N. The zero-order valence-corrected chi connectivity index (χ0v) is 11.9. The fraction of sp³-hybridized carbons (Fsp3) is 0.714. The Bertz CT molecular complexity index is 411. The standard InChI is InChI=1S/C14H21N3S/c1-2-12-13(11-15)18-14(16-12)7-10-17-8-5-3-4-6-9-17/h2-10H2,1H3. The number of aryl methyl sites for hydroxylation is 1. The molecule has 18 heavy (non-hydrogen) atoms. The molecule has 0 amide bonds. The van der Waals surface area contributed by atoms with Gasteiger partial charge in [0.1, 0.15) is 10.9 Å². The Hall–Kier alpha value is -0.920. The van der Waals surface area contributed by atoms with Crippen molar-refractivity contribution in [3.8, 4) is 6.07 Å². The summed E-state index contributed by atoms with van der Waals surface area (Å²) in [6.07, 6.45) is 7.30. The van der Waals surface area contributed by atoms with Crippen molar-refractivity contribution in [3.05, 3.63) is 15.6 Å². The van der Waals surface area contributed by atoms with Crippen molar-refractivity contribution in [1.82, 2.24) is 9.88 Å². The van der Waals surface area contributed by atoms with Crippen LogP contribution in [-0.4, -0.2) is 29.5 Å². The highest BCUT2D eigenvalue weighted by atomic mass is 32.1. The molecule has 0 radical (unpaired) electrons. The summed E-state index contributed by atoms with van der Waals surface area (Å²) in [6, 6.07) is 2.26. The zero-order chi connectivity index (χ0) is 12.8. The molecule has 0 atom stereocenters. The van der Waals surface area contributed by atoms with Gasteiger partial charge in [0.05, 0.1) is 10.7 Å². The summed E-state index contributed by atoms with van der Waals surface area (Å²) in [4.78, 5) is 7.93. The van der Waals surface area contributed by atoms with Crippen molar-refractivity contribution >= 4 is 11.3 Å². The lowest BCUT2D eigenvalue weighted by molar-refractivity contribution is 0.288. The molecule has 2 rings (SSSR count). The summed E-state index contributed by atoms with van der Waals surface area (Å²) in [6.45, 7) is 5.63. The maximum atomic E-state index is 9.03. The van der Waals surface area contributed by atoms with Gasteiger partial charge in [0.25, 0.3) is 0 Å². The summed E-state index contributed by atoms with van der Waals surface area (Å²) in [7, 11) is 0. The highest BCUT2D eigenvalue weighted by Gasteiger charge is 2.12. The highest BCUT2D eigenvalue weighted by Crippen LogP contribution is 2.19. The lowest BCUT2D eigenvalue weighted by Gasteiger charge is -2.18. The van der Waals surface area contributed by atoms with Crippen LogP contribution in [0.5, 0.6) is 0 Å². The maximum Gasteiger partial charge on any atom is 0.128 e. The van der Waals surface area contributed by atoms with E-state index in [4.69, 9.17) is 5.26 Å². The average Bonchev–Trinajstić information content (AvgIpc) is 2.62. The van der Waals surface area contributed by atoms with Gasteiger partial charge in [-0.25, -0.2) is 4.98 Å². The van der Waals surface area contributed by atoms with Crippen LogP contribution in [0.15, 0.2) is 0 Å². The highest BCUT2D eigenvalue weighted by molar-refractivity contribution is 7.12. The van der Waals surface area contributed by atoms with Crippen LogP contribution in [0.2, 0.25) is 0 Å². The van der Waals surface area contributed by atoms with Gasteiger partial charge in [-0.2, -0.15) is 5.26 Å². The number of aromatic nitrogens is 1. The summed E-state index contributed by atoms with van der Waals surface area (Å²) in [5.74, 6) is 0. The molecule has 98 valence electrons. The Labute approximate surface area is 113 Å². The average molecular weight is 263 g/mol. The van der Waals surface area contributed by atoms with Gasteiger partial charge in [-0.15, -0.1) is 11.3 Å². The molecule has 0 bridgehead atoms. The Kier molecular flexibility index (Phi) is 5.15. The van der Waals surface area contributed by atoms with Crippen LogP contribution in [0.25, 0.3) is 0 Å². The third-order valence-electron chi connectivity index (χ3n) is 3.52. The van der Waals surface area contributed by atoms with E-state index in [9.17, 15) is 0 Å². The molecule has 1 aliphatic heterocycles. The number of nitriles is 1. The van der Waals surface area contributed by atoms with E-state index in [1.54, 1.807) is 11.3 Å². The number of hydrogen-bond donors (Lipinski definition) is 0. The molecule has 0 unspecified atom stereocenters. The minimum atomic E-state index is 0.809. The third kappa shape index (κ3) is 3.54. The van der Waals surface area contributed by atoms with Crippen LogP contribution < -0.4 is 0 Å². The van der Waals surface area contributed by atoms with E-state index in [2.05, 4.69) is 22.9 Å². The maximum absolute atomic E-state index is 9.03. The normalized spacial score (nSPS) is 17.3. The van der Waals surface area contributed by atoms with Gasteiger partial charge in [-0.05, 0) is 32.4 Å². The van der Waals surface area contributed by atoms with Crippen molar-refractivity contribution in [2.24, 2.45) is 0 Å². The molecule has 1 aromatic heterocycles. The topological polar surface area (TPSA) is 39.9 Å². The van der Waals surface area contributed by atoms with E-state index in [1.807, 2.05) is 0 Å². The first-order valence-corrected chi connectivity index (χ1v) is 7.76.